The van der Waals surface area contributed by atoms with E-state index in [1.807, 2.05) is 25.4 Å². The van der Waals surface area contributed by atoms with Crippen LogP contribution < -0.4 is 10.6 Å². The average molecular weight is 309 g/mol. The van der Waals surface area contributed by atoms with Gasteiger partial charge < -0.3 is 10.6 Å². The van der Waals surface area contributed by atoms with Crippen LogP contribution >= 0.6 is 35.8 Å². The largest absolute Gasteiger partial charge is 0.352 e. The van der Waals surface area contributed by atoms with Crippen LogP contribution in [0.15, 0.2) is 23.1 Å². The highest BCUT2D eigenvalue weighted by molar-refractivity contribution is 7.98. The van der Waals surface area contributed by atoms with Gasteiger partial charge in [-0.15, -0.1) is 24.2 Å². The van der Waals surface area contributed by atoms with Gasteiger partial charge in [0.05, 0.1) is 10.6 Å². The van der Waals surface area contributed by atoms with Crippen LogP contribution in [-0.4, -0.2) is 32.3 Å². The first kappa shape index (κ1) is 17.6. The molecule has 0 heterocycles. The zero-order chi connectivity index (χ0) is 12.7. The van der Waals surface area contributed by atoms with Gasteiger partial charge in [-0.25, -0.2) is 0 Å². The maximum absolute atomic E-state index is 11.9. The van der Waals surface area contributed by atoms with Gasteiger partial charge in [0.15, 0.2) is 0 Å². The molecule has 1 rings (SSSR count). The minimum Gasteiger partial charge on any atom is -0.352 e. The summed E-state index contributed by atoms with van der Waals surface area (Å²) in [6, 6.07) is 5.49. The number of benzene rings is 1. The van der Waals surface area contributed by atoms with E-state index in [0.29, 0.717) is 17.1 Å². The minimum atomic E-state index is -0.109. The van der Waals surface area contributed by atoms with Gasteiger partial charge in [0.2, 0.25) is 0 Å². The molecular weight excluding hydrogens is 291 g/mol. The number of thioether (sulfide) groups is 1. The fraction of sp³-hybridized carbons (Fsp3) is 0.417. The van der Waals surface area contributed by atoms with Crippen LogP contribution in [0.25, 0.3) is 0 Å². The Labute approximate surface area is 123 Å². The molecule has 0 aliphatic carbocycles. The Kier molecular flexibility index (Phi) is 9.28. The first-order valence-electron chi connectivity index (χ1n) is 5.45. The van der Waals surface area contributed by atoms with E-state index in [4.69, 9.17) is 11.6 Å². The average Bonchev–Trinajstić information content (AvgIpc) is 2.35. The van der Waals surface area contributed by atoms with Crippen molar-refractivity contribution in [2.45, 2.75) is 11.3 Å². The predicted octanol–water partition coefficient (Wildman–Crippen LogP) is 2.82. The Bertz CT molecular complexity index is 388. The molecule has 0 saturated heterocycles. The molecule has 1 aromatic rings. The smallest absolute Gasteiger partial charge is 0.252 e. The Morgan fingerprint density at radius 3 is 2.72 bits per heavy atom. The second-order valence-electron chi connectivity index (χ2n) is 3.56. The second kappa shape index (κ2) is 9.50. The van der Waals surface area contributed by atoms with E-state index in [1.165, 1.54) is 0 Å². The summed E-state index contributed by atoms with van der Waals surface area (Å²) in [5, 5.41) is 6.38. The summed E-state index contributed by atoms with van der Waals surface area (Å²) in [5.74, 6) is -0.109. The lowest BCUT2D eigenvalue weighted by Crippen LogP contribution is -2.26. The van der Waals surface area contributed by atoms with Crippen LogP contribution in [0.4, 0.5) is 0 Å². The third kappa shape index (κ3) is 5.48. The molecule has 1 amide bonds. The molecule has 0 aliphatic rings. The number of carbonyl (C=O) groups excluding carboxylic acids is 1. The molecule has 0 radical (unpaired) electrons. The van der Waals surface area contributed by atoms with Crippen molar-refractivity contribution < 1.29 is 4.79 Å². The quantitative estimate of drug-likeness (QED) is 0.627. The van der Waals surface area contributed by atoms with Gasteiger partial charge >= 0.3 is 0 Å². The van der Waals surface area contributed by atoms with Crippen LogP contribution in [0, 0.1) is 0 Å². The number of hydrogen-bond donors (Lipinski definition) is 2. The fourth-order valence-electron chi connectivity index (χ4n) is 1.37. The Morgan fingerprint density at radius 2 is 2.11 bits per heavy atom. The molecule has 18 heavy (non-hydrogen) atoms. The molecule has 1 aromatic carbocycles. The van der Waals surface area contributed by atoms with E-state index < -0.39 is 0 Å². The molecule has 6 heteroatoms. The van der Waals surface area contributed by atoms with Gasteiger partial charge in [-0.2, -0.15) is 0 Å². The van der Waals surface area contributed by atoms with Crippen LogP contribution in [0.2, 0.25) is 5.02 Å². The van der Waals surface area contributed by atoms with Crippen molar-refractivity contribution in [3.05, 3.63) is 28.8 Å². The van der Waals surface area contributed by atoms with Crippen molar-refractivity contribution in [1.82, 2.24) is 10.6 Å². The highest BCUT2D eigenvalue weighted by Crippen LogP contribution is 2.22. The number of nitrogens with one attached hydrogen (secondary N) is 2. The summed E-state index contributed by atoms with van der Waals surface area (Å²) in [6.45, 7) is 1.54. The van der Waals surface area contributed by atoms with E-state index in [9.17, 15) is 4.79 Å². The lowest BCUT2D eigenvalue weighted by molar-refractivity contribution is 0.0953. The monoisotopic (exact) mass is 308 g/mol. The molecule has 3 nitrogen and oxygen atoms in total. The van der Waals surface area contributed by atoms with Gasteiger partial charge in [0.1, 0.15) is 0 Å². The van der Waals surface area contributed by atoms with Crippen molar-refractivity contribution >= 4 is 41.7 Å². The molecule has 0 saturated carbocycles. The fourth-order valence-corrected chi connectivity index (χ4v) is 2.01. The highest BCUT2D eigenvalue weighted by Gasteiger charge is 2.10. The highest BCUT2D eigenvalue weighted by atomic mass is 35.5. The van der Waals surface area contributed by atoms with Crippen molar-refractivity contribution in [2.75, 3.05) is 26.4 Å². The van der Waals surface area contributed by atoms with Crippen molar-refractivity contribution in [2.24, 2.45) is 0 Å². The molecule has 0 aliphatic heterocycles. The van der Waals surface area contributed by atoms with Gasteiger partial charge in [-0.05, 0) is 44.5 Å². The topological polar surface area (TPSA) is 41.1 Å². The lowest BCUT2D eigenvalue weighted by Gasteiger charge is -2.07. The summed E-state index contributed by atoms with van der Waals surface area (Å²) in [6.07, 6.45) is 2.87. The third-order valence-electron chi connectivity index (χ3n) is 2.31. The number of halogens is 2. The zero-order valence-corrected chi connectivity index (χ0v) is 12.8. The van der Waals surface area contributed by atoms with Gasteiger partial charge in [-0.1, -0.05) is 11.6 Å². The summed E-state index contributed by atoms with van der Waals surface area (Å²) >= 11 is 7.60. The first-order valence-corrected chi connectivity index (χ1v) is 7.05. The molecule has 0 atom stereocenters. The number of rotatable bonds is 6. The molecule has 0 fully saturated rings. The molecular formula is C12H18Cl2N2OS. The van der Waals surface area contributed by atoms with Crippen LogP contribution in [0.3, 0.4) is 0 Å². The van der Waals surface area contributed by atoms with Crippen molar-refractivity contribution in [3.8, 4) is 0 Å². The molecule has 102 valence electrons. The summed E-state index contributed by atoms with van der Waals surface area (Å²) in [4.78, 5) is 12.9. The maximum Gasteiger partial charge on any atom is 0.252 e. The predicted molar refractivity (Wildman–Crippen MR) is 81.4 cm³/mol. The summed E-state index contributed by atoms with van der Waals surface area (Å²) in [5.41, 5.74) is 0.544. The van der Waals surface area contributed by atoms with Gasteiger partial charge in [0.25, 0.3) is 5.91 Å². The third-order valence-corrected chi connectivity index (χ3v) is 3.36. The number of carbonyl (C=O) groups is 1. The van der Waals surface area contributed by atoms with Crippen molar-refractivity contribution in [3.63, 3.8) is 0 Å². The molecule has 0 unspecified atom stereocenters. The maximum atomic E-state index is 11.9. The van der Waals surface area contributed by atoms with Crippen molar-refractivity contribution in [1.29, 1.82) is 0 Å². The standard InChI is InChI=1S/C12H17ClN2OS.ClH/c1-14-6-3-7-15-12(16)10-8-9(17-2)4-5-11(10)13;/h4-5,8,14H,3,6-7H2,1-2H3,(H,15,16);1H. The molecule has 0 spiro atoms. The number of hydrogen-bond acceptors (Lipinski definition) is 3. The van der Waals surface area contributed by atoms with E-state index in [0.717, 1.165) is 17.9 Å². The van der Waals surface area contributed by atoms with Crippen LogP contribution in [0.1, 0.15) is 16.8 Å². The SMILES string of the molecule is CNCCCNC(=O)c1cc(SC)ccc1Cl.Cl. The van der Waals surface area contributed by atoms with Crippen LogP contribution in [0.5, 0.6) is 0 Å². The molecule has 0 bridgehead atoms. The van der Waals surface area contributed by atoms with E-state index >= 15 is 0 Å². The lowest BCUT2D eigenvalue weighted by atomic mass is 10.2. The first-order chi connectivity index (χ1) is 8.19. The molecule has 2 N–H and O–H groups in total. The summed E-state index contributed by atoms with van der Waals surface area (Å²) in [7, 11) is 1.89. The Balaban J connectivity index is 0.00000289. The summed E-state index contributed by atoms with van der Waals surface area (Å²) < 4.78 is 0. The van der Waals surface area contributed by atoms with E-state index in [2.05, 4.69) is 10.6 Å². The van der Waals surface area contributed by atoms with E-state index in [1.54, 1.807) is 17.8 Å². The second-order valence-corrected chi connectivity index (χ2v) is 4.85. The van der Waals surface area contributed by atoms with E-state index in [-0.39, 0.29) is 18.3 Å². The Morgan fingerprint density at radius 1 is 1.39 bits per heavy atom. The zero-order valence-electron chi connectivity index (χ0n) is 10.5. The Hall–Kier alpha value is -0.420. The van der Waals surface area contributed by atoms with Crippen LogP contribution in [-0.2, 0) is 0 Å². The number of amides is 1. The minimum absolute atomic E-state index is 0. The van der Waals surface area contributed by atoms with Gasteiger partial charge in [0, 0.05) is 11.4 Å². The van der Waals surface area contributed by atoms with Gasteiger partial charge in [-0.3, -0.25) is 4.79 Å². The normalized spacial score (nSPS) is 9.72. The molecule has 0 aromatic heterocycles.